The number of benzene rings is 1. The Kier molecular flexibility index (Phi) is 8.64. The van der Waals surface area contributed by atoms with Crippen molar-refractivity contribution in [3.05, 3.63) is 35.9 Å². The number of nitrogens with one attached hydrogen (secondary N) is 3. The van der Waals surface area contributed by atoms with Crippen molar-refractivity contribution in [1.29, 1.82) is 0 Å². The van der Waals surface area contributed by atoms with Gasteiger partial charge in [-0.3, -0.25) is 9.59 Å². The van der Waals surface area contributed by atoms with Crippen molar-refractivity contribution in [2.75, 3.05) is 13.2 Å². The van der Waals surface area contributed by atoms with E-state index in [1.54, 1.807) is 0 Å². The molecule has 8 heteroatoms. The van der Waals surface area contributed by atoms with E-state index in [1.165, 1.54) is 0 Å². The summed E-state index contributed by atoms with van der Waals surface area (Å²) in [6, 6.07) is 7.53. The molecule has 0 saturated carbocycles. The number of aldehydes is 1. The van der Waals surface area contributed by atoms with Gasteiger partial charge in [0.2, 0.25) is 11.8 Å². The minimum absolute atomic E-state index is 0.109. The molecular weight excluding hydrogens is 374 g/mol. The quantitative estimate of drug-likeness (QED) is 0.508. The molecule has 3 atom stereocenters. The van der Waals surface area contributed by atoms with Gasteiger partial charge < -0.3 is 25.5 Å². The summed E-state index contributed by atoms with van der Waals surface area (Å²) in [4.78, 5) is 48.1. The van der Waals surface area contributed by atoms with Crippen LogP contribution in [0.5, 0.6) is 0 Å². The van der Waals surface area contributed by atoms with Crippen molar-refractivity contribution in [1.82, 2.24) is 16.0 Å². The maximum atomic E-state index is 12.8. The number of ether oxygens (including phenoxy) is 1. The number of carbonyl (C=O) groups excluding carboxylic acids is 4. The molecule has 0 aromatic heterocycles. The average Bonchev–Trinajstić information content (AvgIpc) is 3.10. The van der Waals surface area contributed by atoms with Crippen LogP contribution in [-0.4, -0.2) is 49.4 Å². The van der Waals surface area contributed by atoms with Crippen LogP contribution in [0.2, 0.25) is 0 Å². The second-order valence-corrected chi connectivity index (χ2v) is 7.64. The van der Waals surface area contributed by atoms with E-state index in [0.29, 0.717) is 19.3 Å². The Morgan fingerprint density at radius 2 is 1.97 bits per heavy atom. The van der Waals surface area contributed by atoms with E-state index in [1.807, 2.05) is 44.2 Å². The number of amides is 3. The fourth-order valence-electron chi connectivity index (χ4n) is 3.09. The van der Waals surface area contributed by atoms with Gasteiger partial charge in [-0.2, -0.15) is 0 Å². The molecule has 3 N–H and O–H groups in total. The molecule has 0 spiro atoms. The van der Waals surface area contributed by atoms with E-state index < -0.39 is 24.1 Å². The zero-order valence-electron chi connectivity index (χ0n) is 16.9. The molecule has 3 amide bonds. The Labute approximate surface area is 170 Å². The molecule has 1 saturated heterocycles. The number of carbonyl (C=O) groups is 4. The van der Waals surface area contributed by atoms with Gasteiger partial charge in [0.05, 0.1) is 12.6 Å². The van der Waals surface area contributed by atoms with E-state index in [-0.39, 0.29) is 37.2 Å². The lowest BCUT2D eigenvalue weighted by molar-refractivity contribution is -0.127. The first-order valence-corrected chi connectivity index (χ1v) is 9.89. The third-order valence-corrected chi connectivity index (χ3v) is 4.63. The summed E-state index contributed by atoms with van der Waals surface area (Å²) in [5.74, 6) is -0.741. The normalized spacial score (nSPS) is 17.9. The van der Waals surface area contributed by atoms with E-state index in [0.717, 1.165) is 5.56 Å². The van der Waals surface area contributed by atoms with E-state index in [9.17, 15) is 19.2 Å². The Bertz CT molecular complexity index is 708. The fraction of sp³-hybridized carbons (Fsp3) is 0.524. The number of hydrogen-bond donors (Lipinski definition) is 3. The van der Waals surface area contributed by atoms with Crippen molar-refractivity contribution in [3.8, 4) is 0 Å². The maximum Gasteiger partial charge on any atom is 0.407 e. The second-order valence-electron chi connectivity index (χ2n) is 7.64. The van der Waals surface area contributed by atoms with Crippen LogP contribution in [0.4, 0.5) is 4.79 Å². The molecule has 1 aliphatic heterocycles. The lowest BCUT2D eigenvalue weighted by atomic mass is 9.98. The molecule has 158 valence electrons. The summed E-state index contributed by atoms with van der Waals surface area (Å²) in [6.45, 7) is 4.63. The zero-order chi connectivity index (χ0) is 21.2. The fourth-order valence-corrected chi connectivity index (χ4v) is 3.09. The first-order chi connectivity index (χ1) is 13.9. The van der Waals surface area contributed by atoms with Crippen LogP contribution in [0.15, 0.2) is 30.3 Å². The topological polar surface area (TPSA) is 114 Å². The van der Waals surface area contributed by atoms with Crippen molar-refractivity contribution in [2.45, 2.75) is 45.2 Å². The van der Waals surface area contributed by atoms with Gasteiger partial charge in [0, 0.05) is 18.9 Å². The van der Waals surface area contributed by atoms with Gasteiger partial charge in [0.25, 0.3) is 0 Å². The van der Waals surface area contributed by atoms with Crippen LogP contribution in [-0.2, 0) is 25.5 Å². The molecule has 1 heterocycles. The molecule has 8 nitrogen and oxygen atoms in total. The highest BCUT2D eigenvalue weighted by molar-refractivity contribution is 5.88. The van der Waals surface area contributed by atoms with Gasteiger partial charge in [0.15, 0.2) is 0 Å². The lowest BCUT2D eigenvalue weighted by Crippen LogP contribution is -2.51. The molecule has 0 radical (unpaired) electrons. The highest BCUT2D eigenvalue weighted by Gasteiger charge is 2.30. The summed E-state index contributed by atoms with van der Waals surface area (Å²) in [7, 11) is 0. The molecule has 0 unspecified atom stereocenters. The van der Waals surface area contributed by atoms with Gasteiger partial charge in [-0.05, 0) is 24.3 Å². The molecule has 0 aliphatic carbocycles. The van der Waals surface area contributed by atoms with E-state index >= 15 is 0 Å². The number of hydrogen-bond acceptors (Lipinski definition) is 5. The Morgan fingerprint density at radius 1 is 1.24 bits per heavy atom. The summed E-state index contributed by atoms with van der Waals surface area (Å²) in [6.07, 6.45) is 1.05. The van der Waals surface area contributed by atoms with E-state index in [2.05, 4.69) is 16.0 Å². The highest BCUT2D eigenvalue weighted by Crippen LogP contribution is 2.15. The third kappa shape index (κ3) is 7.56. The standard InChI is InChI=1S/C21H29N3O5/c1-14(2)13-29-21(28)24-18(10-15-6-4-3-5-7-15)20(27)23-17(12-25)11-16-8-9-22-19(16)26/h3-7,12,14,16-18H,8-11,13H2,1-2H3,(H,22,26)(H,23,27)(H,24,28)/t16-,17-,18-/m0/s1. The number of rotatable bonds is 10. The minimum Gasteiger partial charge on any atom is -0.449 e. The molecule has 1 aromatic carbocycles. The number of alkyl carbamates (subject to hydrolysis) is 1. The van der Waals surface area contributed by atoms with Crippen LogP contribution >= 0.6 is 0 Å². The summed E-state index contributed by atoms with van der Waals surface area (Å²) in [5.41, 5.74) is 0.856. The van der Waals surface area contributed by atoms with Gasteiger partial charge >= 0.3 is 6.09 Å². The van der Waals surface area contributed by atoms with Gasteiger partial charge in [0.1, 0.15) is 12.3 Å². The highest BCUT2D eigenvalue weighted by atomic mass is 16.5. The monoisotopic (exact) mass is 403 g/mol. The summed E-state index contributed by atoms with van der Waals surface area (Å²) < 4.78 is 5.12. The van der Waals surface area contributed by atoms with Crippen molar-refractivity contribution in [3.63, 3.8) is 0 Å². The minimum atomic E-state index is -0.906. The van der Waals surface area contributed by atoms with Crippen molar-refractivity contribution >= 4 is 24.2 Å². The van der Waals surface area contributed by atoms with Crippen LogP contribution < -0.4 is 16.0 Å². The van der Waals surface area contributed by atoms with Crippen molar-refractivity contribution < 1.29 is 23.9 Å². The maximum absolute atomic E-state index is 12.8. The molecule has 1 fully saturated rings. The van der Waals surface area contributed by atoms with Crippen LogP contribution in [0.3, 0.4) is 0 Å². The smallest absolute Gasteiger partial charge is 0.407 e. The first-order valence-electron chi connectivity index (χ1n) is 9.89. The zero-order valence-corrected chi connectivity index (χ0v) is 16.9. The SMILES string of the molecule is CC(C)COC(=O)N[C@@H](Cc1ccccc1)C(=O)N[C@H](C=O)C[C@@H]1CCNC1=O. The Morgan fingerprint density at radius 3 is 2.55 bits per heavy atom. The summed E-state index contributed by atoms with van der Waals surface area (Å²) in [5, 5.41) is 7.95. The lowest BCUT2D eigenvalue weighted by Gasteiger charge is -2.22. The Balaban J connectivity index is 2.02. The Hall–Kier alpha value is -2.90. The van der Waals surface area contributed by atoms with Gasteiger partial charge in [-0.1, -0.05) is 44.2 Å². The van der Waals surface area contributed by atoms with Crippen molar-refractivity contribution in [2.24, 2.45) is 11.8 Å². The van der Waals surface area contributed by atoms with E-state index in [4.69, 9.17) is 4.74 Å². The molecular formula is C21H29N3O5. The molecule has 1 aromatic rings. The molecule has 0 bridgehead atoms. The molecule has 1 aliphatic rings. The van der Waals surface area contributed by atoms with Gasteiger partial charge in [-0.15, -0.1) is 0 Å². The third-order valence-electron chi connectivity index (χ3n) is 4.63. The predicted molar refractivity (Wildman–Crippen MR) is 107 cm³/mol. The van der Waals surface area contributed by atoms with Gasteiger partial charge in [-0.25, -0.2) is 4.79 Å². The summed E-state index contributed by atoms with van der Waals surface area (Å²) >= 11 is 0. The van der Waals surface area contributed by atoms with Crippen LogP contribution in [0, 0.1) is 11.8 Å². The molecule has 29 heavy (non-hydrogen) atoms. The first kappa shape index (κ1) is 22.4. The predicted octanol–water partition coefficient (Wildman–Crippen LogP) is 1.19. The van der Waals surface area contributed by atoms with Crippen LogP contribution in [0.25, 0.3) is 0 Å². The largest absolute Gasteiger partial charge is 0.449 e. The van der Waals surface area contributed by atoms with Crippen LogP contribution in [0.1, 0.15) is 32.3 Å². The second kappa shape index (κ2) is 11.2. The average molecular weight is 403 g/mol. The molecule has 2 rings (SSSR count).